The van der Waals surface area contributed by atoms with Gasteiger partial charge in [-0.2, -0.15) is 9.97 Å². The molecule has 0 spiro atoms. The Balaban J connectivity index is 0.878. The lowest BCUT2D eigenvalue weighted by molar-refractivity contribution is 0.0968. The van der Waals surface area contributed by atoms with Crippen LogP contribution in [-0.2, 0) is 6.42 Å². The standard InChI is InChI=1S/C49H58F3N7O3/c1-4-39-42(51)12-7-32-19-36(60)20-40(43(32)39)45-44(52)46-41(23-53-45)47(58-26-34-8-9-35(27-58)54-34)56-48(55-46)61-28-49-21-30(24-59(49)25-33(50)22-49)13-16-57-17-14-38(15-18-57)62-37-10-5-31(6-11-37)29(2)3/h5-7,10-12,19-20,23,29-30,33-35,38,54,60H,4,8-9,13-18,21-22,24-28H2,1-3H3/t30-,33+,34-,35+,49-/m0/s1. The zero-order chi connectivity index (χ0) is 42.7. The van der Waals surface area contributed by atoms with E-state index in [0.717, 1.165) is 70.5 Å². The van der Waals surface area contributed by atoms with Crippen molar-refractivity contribution in [2.24, 2.45) is 5.92 Å². The van der Waals surface area contributed by atoms with Gasteiger partial charge in [-0.15, -0.1) is 0 Å². The van der Waals surface area contributed by atoms with Crippen molar-refractivity contribution in [2.45, 2.75) is 108 Å². The predicted octanol–water partition coefficient (Wildman–Crippen LogP) is 8.57. The van der Waals surface area contributed by atoms with E-state index in [-0.39, 0.29) is 53.3 Å². The van der Waals surface area contributed by atoms with E-state index in [4.69, 9.17) is 19.4 Å². The molecule has 2 bridgehead atoms. The predicted molar refractivity (Wildman–Crippen MR) is 236 cm³/mol. The lowest BCUT2D eigenvalue weighted by Gasteiger charge is -2.34. The Bertz CT molecular complexity index is 2430. The summed E-state index contributed by atoms with van der Waals surface area (Å²) in [5.41, 5.74) is 1.51. The highest BCUT2D eigenvalue weighted by Gasteiger charge is 2.52. The lowest BCUT2D eigenvalue weighted by atomic mass is 9.89. The molecule has 5 aliphatic heterocycles. The van der Waals surface area contributed by atoms with Gasteiger partial charge in [-0.25, -0.2) is 13.2 Å². The number of nitrogens with zero attached hydrogens (tertiary/aromatic N) is 6. The number of benzene rings is 3. The maximum Gasteiger partial charge on any atom is 0.319 e. The summed E-state index contributed by atoms with van der Waals surface area (Å²) in [5, 5.41) is 15.9. The van der Waals surface area contributed by atoms with E-state index in [1.165, 1.54) is 17.7 Å². The SMILES string of the molecule is CCc1c(F)ccc2cc(O)cc(-c3ncc4c(N5C[C@H]6CC[C@@H](C5)N6)nc(OC[C@]56C[C@@H](F)CN5C[C@@H](CCN5CCC(Oc7ccc(C(C)C)cc7)CC5)C6)nc4c3F)c12. The van der Waals surface area contributed by atoms with Gasteiger partial charge in [0.05, 0.1) is 10.9 Å². The minimum absolute atomic E-state index is 0.0385. The first kappa shape index (κ1) is 41.3. The summed E-state index contributed by atoms with van der Waals surface area (Å²) in [5.74, 6) is 1.20. The molecular formula is C49H58F3N7O3. The summed E-state index contributed by atoms with van der Waals surface area (Å²) < 4.78 is 60.6. The fraction of sp³-hybridized carbons (Fsp3) is 0.531. The Morgan fingerprint density at radius 2 is 1.71 bits per heavy atom. The minimum Gasteiger partial charge on any atom is -0.508 e. The molecule has 0 unspecified atom stereocenters. The maximum atomic E-state index is 17.2. The first-order chi connectivity index (χ1) is 30.0. The molecule has 5 saturated heterocycles. The maximum absolute atomic E-state index is 17.2. The van der Waals surface area contributed by atoms with Crippen LogP contribution in [0.25, 0.3) is 32.9 Å². The monoisotopic (exact) mass is 849 g/mol. The number of hydrogen-bond acceptors (Lipinski definition) is 10. The molecule has 0 radical (unpaired) electrons. The molecule has 2 N–H and O–H groups in total. The molecule has 62 heavy (non-hydrogen) atoms. The Hall–Kier alpha value is -4.72. The number of piperazine rings is 1. The van der Waals surface area contributed by atoms with Gasteiger partial charge < -0.3 is 29.7 Å². The van der Waals surface area contributed by atoms with Crippen molar-refractivity contribution < 1.29 is 27.8 Å². The number of phenolic OH excluding ortho intramolecular Hbond substituents is 1. The number of ether oxygens (including phenoxy) is 2. The van der Waals surface area contributed by atoms with Gasteiger partial charge in [-0.3, -0.25) is 9.88 Å². The van der Waals surface area contributed by atoms with Gasteiger partial charge in [-0.1, -0.05) is 39.0 Å². The van der Waals surface area contributed by atoms with Gasteiger partial charge in [0.25, 0.3) is 0 Å². The number of pyridine rings is 1. The number of nitrogens with one attached hydrogen (secondary N) is 1. The van der Waals surface area contributed by atoms with E-state index in [2.05, 4.69) is 63.1 Å². The lowest BCUT2D eigenvalue weighted by Crippen LogP contribution is -2.51. The summed E-state index contributed by atoms with van der Waals surface area (Å²) >= 11 is 0. The Morgan fingerprint density at radius 1 is 0.935 bits per heavy atom. The number of halogens is 3. The molecule has 5 aromatic rings. The van der Waals surface area contributed by atoms with Crippen LogP contribution in [0.5, 0.6) is 17.5 Å². The second-order valence-electron chi connectivity index (χ2n) is 19.0. The fourth-order valence-corrected chi connectivity index (χ4v) is 11.3. The quantitative estimate of drug-likeness (QED) is 0.127. The van der Waals surface area contributed by atoms with Crippen molar-refractivity contribution in [1.29, 1.82) is 0 Å². The van der Waals surface area contributed by atoms with Crippen molar-refractivity contribution in [3.63, 3.8) is 0 Å². The minimum atomic E-state index is -0.953. The summed E-state index contributed by atoms with van der Waals surface area (Å²) in [6, 6.07) is 15.1. The number of piperidine rings is 1. The number of likely N-dealkylation sites (tertiary alicyclic amines) is 1. The highest BCUT2D eigenvalue weighted by molar-refractivity contribution is 6.01. The highest BCUT2D eigenvalue weighted by Crippen LogP contribution is 2.45. The largest absolute Gasteiger partial charge is 0.508 e. The van der Waals surface area contributed by atoms with Crippen molar-refractivity contribution in [3.8, 4) is 28.8 Å². The molecule has 3 aromatic carbocycles. The molecule has 328 valence electrons. The first-order valence-electron chi connectivity index (χ1n) is 22.8. The van der Waals surface area contributed by atoms with Crippen LogP contribution < -0.4 is 19.7 Å². The fourth-order valence-electron chi connectivity index (χ4n) is 11.3. The molecule has 0 saturated carbocycles. The van der Waals surface area contributed by atoms with Crippen molar-refractivity contribution in [2.75, 3.05) is 57.3 Å². The molecule has 10 nitrogen and oxygen atoms in total. The van der Waals surface area contributed by atoms with Crippen LogP contribution >= 0.6 is 0 Å². The number of aromatic nitrogens is 3. The zero-order valence-corrected chi connectivity index (χ0v) is 36.1. The third kappa shape index (κ3) is 7.93. The summed E-state index contributed by atoms with van der Waals surface area (Å²) in [6.07, 6.45) is 7.51. The van der Waals surface area contributed by atoms with Crippen LogP contribution in [0.2, 0.25) is 0 Å². The number of aromatic hydroxyl groups is 1. The van der Waals surface area contributed by atoms with E-state index >= 15 is 13.2 Å². The average molecular weight is 850 g/mol. The molecule has 5 aliphatic rings. The molecule has 7 heterocycles. The number of rotatable bonds is 12. The molecule has 2 aromatic heterocycles. The van der Waals surface area contributed by atoms with Gasteiger partial charge in [0.1, 0.15) is 53.2 Å². The van der Waals surface area contributed by atoms with Gasteiger partial charge in [-0.05, 0) is 116 Å². The van der Waals surface area contributed by atoms with Crippen molar-refractivity contribution >= 4 is 27.5 Å². The van der Waals surface area contributed by atoms with Crippen LogP contribution in [-0.4, -0.2) is 112 Å². The number of anilines is 1. The molecular weight excluding hydrogens is 792 g/mol. The average Bonchev–Trinajstić information content (AvgIpc) is 3.89. The van der Waals surface area contributed by atoms with E-state index in [0.29, 0.717) is 71.9 Å². The second kappa shape index (κ2) is 16.8. The van der Waals surface area contributed by atoms with Crippen molar-refractivity contribution in [3.05, 3.63) is 77.5 Å². The van der Waals surface area contributed by atoms with E-state index in [1.807, 2.05) is 6.92 Å². The van der Waals surface area contributed by atoms with Gasteiger partial charge in [0.15, 0.2) is 5.82 Å². The molecule has 0 amide bonds. The Kier molecular flexibility index (Phi) is 11.2. The van der Waals surface area contributed by atoms with E-state index < -0.39 is 23.3 Å². The number of fused-ring (bicyclic) bond motifs is 5. The molecule has 13 heteroatoms. The van der Waals surface area contributed by atoms with Crippen LogP contribution in [0.3, 0.4) is 0 Å². The van der Waals surface area contributed by atoms with Crippen LogP contribution in [0.15, 0.2) is 54.7 Å². The molecule has 5 fully saturated rings. The first-order valence-corrected chi connectivity index (χ1v) is 22.8. The van der Waals surface area contributed by atoms with Crippen LogP contribution in [0.1, 0.15) is 82.8 Å². The van der Waals surface area contributed by atoms with Crippen molar-refractivity contribution in [1.82, 2.24) is 30.1 Å². The highest BCUT2D eigenvalue weighted by atomic mass is 19.1. The third-order valence-corrected chi connectivity index (χ3v) is 14.5. The topological polar surface area (TPSA) is 99.1 Å². The van der Waals surface area contributed by atoms with Crippen LogP contribution in [0.4, 0.5) is 19.0 Å². The normalized spacial score (nSPS) is 25.7. The molecule has 5 atom stereocenters. The van der Waals surface area contributed by atoms with Gasteiger partial charge >= 0.3 is 6.01 Å². The number of phenols is 1. The van der Waals surface area contributed by atoms with E-state index in [1.54, 1.807) is 18.3 Å². The zero-order valence-electron chi connectivity index (χ0n) is 36.1. The van der Waals surface area contributed by atoms with Crippen LogP contribution in [0, 0.1) is 17.6 Å². The summed E-state index contributed by atoms with van der Waals surface area (Å²) in [6.45, 7) is 12.0. The summed E-state index contributed by atoms with van der Waals surface area (Å²) in [7, 11) is 0. The number of aryl methyl sites for hydroxylation is 1. The number of hydrogen-bond donors (Lipinski definition) is 2. The molecule has 0 aliphatic carbocycles. The van der Waals surface area contributed by atoms with Gasteiger partial charge in [0, 0.05) is 69.5 Å². The third-order valence-electron chi connectivity index (χ3n) is 14.5. The Labute approximate surface area is 361 Å². The second-order valence-corrected chi connectivity index (χ2v) is 19.0. The number of alkyl halides is 1. The Morgan fingerprint density at radius 3 is 2.45 bits per heavy atom. The smallest absolute Gasteiger partial charge is 0.319 e. The molecule has 10 rings (SSSR count). The van der Waals surface area contributed by atoms with E-state index in [9.17, 15) is 5.11 Å². The summed E-state index contributed by atoms with van der Waals surface area (Å²) in [4.78, 5) is 21.3. The van der Waals surface area contributed by atoms with Gasteiger partial charge in [0.2, 0.25) is 0 Å².